The van der Waals surface area contributed by atoms with Gasteiger partial charge in [-0.3, -0.25) is 0 Å². The third-order valence-electron chi connectivity index (χ3n) is 4.36. The SMILES string of the molecule is CC[C@H]1CN(c2ccc(C(F)(F)F)c3ccoc23)CCN1.O=C(O)/C=C/C(=O)O. The van der Waals surface area contributed by atoms with Gasteiger partial charge in [-0.25, -0.2) is 9.59 Å². The zero-order valence-corrected chi connectivity index (χ0v) is 15.6. The number of furan rings is 1. The zero-order valence-electron chi connectivity index (χ0n) is 15.6. The van der Waals surface area contributed by atoms with Gasteiger partial charge in [0.1, 0.15) is 0 Å². The van der Waals surface area contributed by atoms with E-state index < -0.39 is 23.7 Å². The number of alkyl halides is 3. The van der Waals surface area contributed by atoms with Gasteiger partial charge in [-0.2, -0.15) is 13.2 Å². The predicted molar refractivity (Wildman–Crippen MR) is 99.9 cm³/mol. The first-order chi connectivity index (χ1) is 13.6. The molecule has 1 saturated heterocycles. The van der Waals surface area contributed by atoms with E-state index in [0.717, 1.165) is 37.8 Å². The molecule has 0 saturated carbocycles. The summed E-state index contributed by atoms with van der Waals surface area (Å²) in [6, 6.07) is 4.41. The molecule has 1 aliphatic heterocycles. The number of carbonyl (C=O) groups is 2. The van der Waals surface area contributed by atoms with Crippen molar-refractivity contribution in [2.75, 3.05) is 24.5 Å². The molecular formula is C19H21F3N2O5. The number of hydrogen-bond donors (Lipinski definition) is 3. The number of nitrogens with one attached hydrogen (secondary N) is 1. The van der Waals surface area contributed by atoms with Crippen molar-refractivity contribution in [1.29, 1.82) is 0 Å². The van der Waals surface area contributed by atoms with Crippen molar-refractivity contribution >= 4 is 28.6 Å². The summed E-state index contributed by atoms with van der Waals surface area (Å²) in [7, 11) is 0. The van der Waals surface area contributed by atoms with Crippen LogP contribution in [-0.2, 0) is 15.8 Å². The fraction of sp³-hybridized carbons (Fsp3) is 0.368. The Morgan fingerprint density at radius 2 is 1.90 bits per heavy atom. The molecular weight excluding hydrogens is 393 g/mol. The van der Waals surface area contributed by atoms with Crippen LogP contribution in [0.15, 0.2) is 41.0 Å². The summed E-state index contributed by atoms with van der Waals surface area (Å²) in [6.45, 7) is 4.45. The van der Waals surface area contributed by atoms with Crippen molar-refractivity contribution in [1.82, 2.24) is 5.32 Å². The van der Waals surface area contributed by atoms with Gasteiger partial charge in [-0.1, -0.05) is 6.92 Å². The number of carboxylic acids is 2. The molecule has 0 radical (unpaired) electrons. The van der Waals surface area contributed by atoms with Crippen LogP contribution in [0.1, 0.15) is 18.9 Å². The second-order valence-electron chi connectivity index (χ2n) is 6.31. The molecule has 1 aromatic carbocycles. The molecule has 3 rings (SSSR count). The molecule has 10 heteroatoms. The van der Waals surface area contributed by atoms with Gasteiger partial charge >= 0.3 is 18.1 Å². The molecule has 0 unspecified atom stereocenters. The Bertz CT molecular complexity index is 876. The van der Waals surface area contributed by atoms with E-state index >= 15 is 0 Å². The highest BCUT2D eigenvalue weighted by Gasteiger charge is 2.34. The van der Waals surface area contributed by atoms with Crippen LogP contribution in [0.3, 0.4) is 0 Å². The number of carboxylic acid groups (broad SMARTS) is 2. The third kappa shape index (κ3) is 5.98. The molecule has 1 atom stereocenters. The van der Waals surface area contributed by atoms with Crippen LogP contribution in [0.2, 0.25) is 0 Å². The number of aliphatic carboxylic acids is 2. The summed E-state index contributed by atoms with van der Waals surface area (Å²) >= 11 is 0. The molecule has 0 spiro atoms. The highest BCUT2D eigenvalue weighted by Crippen LogP contribution is 2.39. The summed E-state index contributed by atoms with van der Waals surface area (Å²) in [5.41, 5.74) is 0.418. The van der Waals surface area contributed by atoms with Crippen molar-refractivity contribution in [3.63, 3.8) is 0 Å². The van der Waals surface area contributed by atoms with Gasteiger partial charge in [0.05, 0.1) is 17.5 Å². The molecule has 2 aromatic rings. The normalized spacial score (nSPS) is 17.2. The van der Waals surface area contributed by atoms with Crippen molar-refractivity contribution < 1.29 is 37.4 Å². The van der Waals surface area contributed by atoms with Gasteiger partial charge in [-0.05, 0) is 24.6 Å². The van der Waals surface area contributed by atoms with E-state index in [1.54, 1.807) is 0 Å². The number of rotatable bonds is 4. The molecule has 1 aliphatic rings. The topological polar surface area (TPSA) is 103 Å². The standard InChI is InChI=1S/C15H17F3N2O.C4H4O4/c1-2-10-9-20(7-6-19-10)13-4-3-12(15(16,17)18)11-5-8-21-14(11)13;5-3(6)1-2-4(7)8/h3-5,8,10,19H,2,6-7,9H2,1H3;1-2H,(H,5,6)(H,7,8)/b;2-1+/t10-;/m0./s1. The van der Waals surface area contributed by atoms with Crippen molar-refractivity contribution in [2.24, 2.45) is 0 Å². The highest BCUT2D eigenvalue weighted by atomic mass is 19.4. The summed E-state index contributed by atoms with van der Waals surface area (Å²) in [5.74, 6) is -2.51. The summed E-state index contributed by atoms with van der Waals surface area (Å²) < 4.78 is 44.4. The molecule has 2 heterocycles. The maximum absolute atomic E-state index is 13.0. The molecule has 7 nitrogen and oxygen atoms in total. The fourth-order valence-corrected chi connectivity index (χ4v) is 3.00. The van der Waals surface area contributed by atoms with E-state index in [2.05, 4.69) is 17.1 Å². The first kappa shape index (κ1) is 22.3. The Morgan fingerprint density at radius 1 is 1.24 bits per heavy atom. The number of fused-ring (bicyclic) bond motifs is 1. The first-order valence-electron chi connectivity index (χ1n) is 8.83. The monoisotopic (exact) mass is 414 g/mol. The zero-order chi connectivity index (χ0) is 21.6. The number of nitrogens with zero attached hydrogens (tertiary/aromatic N) is 1. The number of piperazine rings is 1. The van der Waals surface area contributed by atoms with E-state index in [9.17, 15) is 22.8 Å². The van der Waals surface area contributed by atoms with Gasteiger partial charge in [0.25, 0.3) is 0 Å². The molecule has 0 aliphatic carbocycles. The smallest absolute Gasteiger partial charge is 0.417 e. The van der Waals surface area contributed by atoms with Crippen LogP contribution in [0, 0.1) is 0 Å². The summed E-state index contributed by atoms with van der Waals surface area (Å²) in [4.78, 5) is 21.2. The average Bonchev–Trinajstić information content (AvgIpc) is 3.15. The van der Waals surface area contributed by atoms with Crippen LogP contribution in [-0.4, -0.2) is 47.8 Å². The molecule has 29 heavy (non-hydrogen) atoms. The third-order valence-corrected chi connectivity index (χ3v) is 4.36. The lowest BCUT2D eigenvalue weighted by atomic mass is 10.1. The van der Waals surface area contributed by atoms with Crippen LogP contribution in [0.4, 0.5) is 18.9 Å². The molecule has 3 N–H and O–H groups in total. The maximum Gasteiger partial charge on any atom is 0.417 e. The largest absolute Gasteiger partial charge is 0.478 e. The Kier molecular flexibility index (Phi) is 7.27. The van der Waals surface area contributed by atoms with Crippen molar-refractivity contribution in [3.05, 3.63) is 42.2 Å². The predicted octanol–water partition coefficient (Wildman–Crippen LogP) is 3.35. The average molecular weight is 414 g/mol. The van der Waals surface area contributed by atoms with E-state index in [-0.39, 0.29) is 5.39 Å². The van der Waals surface area contributed by atoms with E-state index in [0.29, 0.717) is 23.8 Å². The lowest BCUT2D eigenvalue weighted by Gasteiger charge is -2.35. The van der Waals surface area contributed by atoms with Gasteiger partial charge in [0.2, 0.25) is 0 Å². The minimum Gasteiger partial charge on any atom is -0.478 e. The lowest BCUT2D eigenvalue weighted by Crippen LogP contribution is -2.50. The number of hydrogen-bond acceptors (Lipinski definition) is 5. The Hall–Kier alpha value is -3.01. The maximum atomic E-state index is 13.0. The Morgan fingerprint density at radius 3 is 2.45 bits per heavy atom. The van der Waals surface area contributed by atoms with Crippen LogP contribution < -0.4 is 10.2 Å². The van der Waals surface area contributed by atoms with E-state index in [4.69, 9.17) is 14.6 Å². The molecule has 0 bridgehead atoms. The minimum atomic E-state index is -4.37. The van der Waals surface area contributed by atoms with Gasteiger partial charge in [0.15, 0.2) is 5.58 Å². The minimum absolute atomic E-state index is 0.131. The van der Waals surface area contributed by atoms with E-state index in [1.165, 1.54) is 18.4 Å². The molecule has 0 amide bonds. The number of benzene rings is 1. The second-order valence-corrected chi connectivity index (χ2v) is 6.31. The number of halogens is 3. The first-order valence-corrected chi connectivity index (χ1v) is 8.83. The summed E-state index contributed by atoms with van der Waals surface area (Å²) in [5, 5.41) is 19.1. The lowest BCUT2D eigenvalue weighted by molar-refractivity contribution is -0.136. The van der Waals surface area contributed by atoms with Gasteiger partial charge < -0.3 is 24.8 Å². The van der Waals surface area contributed by atoms with Gasteiger partial charge in [-0.15, -0.1) is 0 Å². The quantitative estimate of drug-likeness (QED) is 0.660. The number of anilines is 1. The van der Waals surface area contributed by atoms with Gasteiger partial charge in [0, 0.05) is 43.2 Å². The molecule has 1 fully saturated rings. The van der Waals surface area contributed by atoms with Crippen LogP contribution in [0.25, 0.3) is 11.0 Å². The van der Waals surface area contributed by atoms with Crippen molar-refractivity contribution in [2.45, 2.75) is 25.6 Å². The van der Waals surface area contributed by atoms with Crippen LogP contribution >= 0.6 is 0 Å². The summed E-state index contributed by atoms with van der Waals surface area (Å²) in [6.07, 6.45) is -0.942. The van der Waals surface area contributed by atoms with Crippen LogP contribution in [0.5, 0.6) is 0 Å². The highest BCUT2D eigenvalue weighted by molar-refractivity contribution is 5.92. The second kappa shape index (κ2) is 9.46. The van der Waals surface area contributed by atoms with Crippen molar-refractivity contribution in [3.8, 4) is 0 Å². The fourth-order valence-electron chi connectivity index (χ4n) is 3.00. The Labute approximate surface area is 164 Å². The molecule has 158 valence electrons. The molecule has 1 aromatic heterocycles. The van der Waals surface area contributed by atoms with E-state index in [1.807, 2.05) is 0 Å². The Balaban J connectivity index is 0.000000321.